The predicted octanol–water partition coefficient (Wildman–Crippen LogP) is 3.83. The second-order valence-electron chi connectivity index (χ2n) is 7.79. The van der Waals surface area contributed by atoms with E-state index in [2.05, 4.69) is 15.4 Å². The average Bonchev–Trinajstić information content (AvgIpc) is 3.30. The maximum absolute atomic E-state index is 13.6. The first-order valence-corrected chi connectivity index (χ1v) is 10.4. The molecule has 1 aliphatic rings. The van der Waals surface area contributed by atoms with Crippen LogP contribution in [0.25, 0.3) is 5.69 Å². The molecule has 4 rings (SSSR count). The fourth-order valence-corrected chi connectivity index (χ4v) is 3.91. The summed E-state index contributed by atoms with van der Waals surface area (Å²) >= 11 is 0. The molecule has 0 radical (unpaired) electrons. The number of alkyl halides is 2. The molecule has 1 aliphatic carbocycles. The Morgan fingerprint density at radius 2 is 2.00 bits per heavy atom. The zero-order valence-corrected chi connectivity index (χ0v) is 16.9. The van der Waals surface area contributed by atoms with Gasteiger partial charge in [0.25, 0.3) is 12.3 Å². The van der Waals surface area contributed by atoms with Crippen molar-refractivity contribution in [2.45, 2.75) is 50.7 Å². The number of aliphatic hydroxyl groups is 1. The van der Waals surface area contributed by atoms with Crippen molar-refractivity contribution >= 4 is 5.91 Å². The van der Waals surface area contributed by atoms with Gasteiger partial charge in [-0.05, 0) is 54.7 Å². The molecular formula is C23H24F2N4O2. The molecule has 0 unspecified atom stereocenters. The molecule has 8 heteroatoms. The second kappa shape index (κ2) is 9.34. The van der Waals surface area contributed by atoms with E-state index in [9.17, 15) is 18.7 Å². The Hall–Kier alpha value is -3.13. The van der Waals surface area contributed by atoms with E-state index in [1.54, 1.807) is 10.9 Å². The molecule has 0 saturated heterocycles. The normalized spacial score (nSPS) is 18.8. The summed E-state index contributed by atoms with van der Waals surface area (Å²) in [4.78, 5) is 16.6. The minimum absolute atomic E-state index is 0.0744. The Labute approximate surface area is 178 Å². The highest BCUT2D eigenvalue weighted by molar-refractivity contribution is 5.92. The molecule has 3 aromatic rings. The Kier molecular flexibility index (Phi) is 6.36. The van der Waals surface area contributed by atoms with Crippen LogP contribution >= 0.6 is 0 Å². The highest BCUT2D eigenvalue weighted by Gasteiger charge is 2.26. The molecule has 31 heavy (non-hydrogen) atoms. The van der Waals surface area contributed by atoms with Gasteiger partial charge in [0.1, 0.15) is 5.69 Å². The molecule has 2 N–H and O–H groups in total. The number of aliphatic hydroxyl groups excluding tert-OH is 1. The minimum Gasteiger partial charge on any atom is -0.391 e. The number of aromatic nitrogens is 3. The molecular weight excluding hydrogens is 402 g/mol. The number of benzene rings is 1. The molecule has 1 aromatic carbocycles. The predicted molar refractivity (Wildman–Crippen MR) is 111 cm³/mol. The van der Waals surface area contributed by atoms with Gasteiger partial charge in [0.2, 0.25) is 0 Å². The maximum Gasteiger partial charge on any atom is 0.270 e. The fraction of sp³-hybridized carbons (Fsp3) is 0.348. The van der Waals surface area contributed by atoms with Crippen LogP contribution in [0, 0.1) is 0 Å². The third kappa shape index (κ3) is 4.96. The van der Waals surface area contributed by atoms with E-state index in [1.165, 1.54) is 6.07 Å². The van der Waals surface area contributed by atoms with E-state index in [1.807, 2.05) is 36.5 Å². The summed E-state index contributed by atoms with van der Waals surface area (Å²) in [7, 11) is 0. The lowest BCUT2D eigenvalue weighted by molar-refractivity contribution is 0.0713. The zero-order chi connectivity index (χ0) is 21.8. The van der Waals surface area contributed by atoms with Crippen LogP contribution in [0.2, 0.25) is 0 Å². The number of halogens is 2. The molecule has 1 fully saturated rings. The van der Waals surface area contributed by atoms with Crippen LogP contribution in [0.3, 0.4) is 0 Å². The summed E-state index contributed by atoms with van der Waals surface area (Å²) in [5, 5.41) is 17.0. The molecule has 0 aliphatic heterocycles. The Balaban J connectivity index is 1.53. The smallest absolute Gasteiger partial charge is 0.270 e. The molecule has 1 amide bonds. The first-order chi connectivity index (χ1) is 15.0. The maximum atomic E-state index is 13.6. The third-order valence-electron chi connectivity index (χ3n) is 5.64. The van der Waals surface area contributed by atoms with Crippen molar-refractivity contribution < 1.29 is 18.7 Å². The van der Waals surface area contributed by atoms with Gasteiger partial charge in [0.15, 0.2) is 0 Å². The molecule has 0 spiro atoms. The van der Waals surface area contributed by atoms with Crippen molar-refractivity contribution in [1.29, 1.82) is 0 Å². The first-order valence-electron chi connectivity index (χ1n) is 10.4. The number of hydrogen-bond donors (Lipinski definition) is 2. The van der Waals surface area contributed by atoms with Crippen LogP contribution in [0.4, 0.5) is 8.78 Å². The van der Waals surface area contributed by atoms with Crippen LogP contribution in [0.5, 0.6) is 0 Å². The van der Waals surface area contributed by atoms with E-state index in [0.29, 0.717) is 18.4 Å². The van der Waals surface area contributed by atoms with Crippen molar-refractivity contribution in [3.63, 3.8) is 0 Å². The van der Waals surface area contributed by atoms with Crippen LogP contribution < -0.4 is 5.32 Å². The van der Waals surface area contributed by atoms with Gasteiger partial charge >= 0.3 is 0 Å². The van der Waals surface area contributed by atoms with Crippen molar-refractivity contribution in [2.75, 3.05) is 0 Å². The van der Waals surface area contributed by atoms with Gasteiger partial charge in [-0.3, -0.25) is 9.78 Å². The molecule has 2 atom stereocenters. The summed E-state index contributed by atoms with van der Waals surface area (Å²) in [5.41, 5.74) is 1.93. The summed E-state index contributed by atoms with van der Waals surface area (Å²) in [6.07, 6.45) is 4.73. The minimum atomic E-state index is -2.69. The van der Waals surface area contributed by atoms with Crippen LogP contribution in [-0.2, 0) is 6.42 Å². The van der Waals surface area contributed by atoms with Crippen LogP contribution in [0.15, 0.2) is 55.0 Å². The second-order valence-corrected chi connectivity index (χ2v) is 7.79. The summed E-state index contributed by atoms with van der Waals surface area (Å²) in [6, 6.07) is 10.3. The summed E-state index contributed by atoms with van der Waals surface area (Å²) < 4.78 is 28.8. The van der Waals surface area contributed by atoms with Crippen molar-refractivity contribution in [3.8, 4) is 5.69 Å². The van der Waals surface area contributed by atoms with Gasteiger partial charge in [0.05, 0.1) is 17.8 Å². The van der Waals surface area contributed by atoms with Gasteiger partial charge < -0.3 is 10.4 Å². The number of pyridine rings is 1. The Bertz CT molecular complexity index is 1020. The fourth-order valence-electron chi connectivity index (χ4n) is 3.91. The number of hydrogen-bond acceptors (Lipinski definition) is 4. The van der Waals surface area contributed by atoms with Gasteiger partial charge in [-0.2, -0.15) is 5.10 Å². The van der Waals surface area contributed by atoms with E-state index in [-0.39, 0.29) is 23.7 Å². The number of nitrogens with one attached hydrogen (secondary N) is 1. The van der Waals surface area contributed by atoms with Gasteiger partial charge in [-0.15, -0.1) is 0 Å². The molecule has 2 heterocycles. The van der Waals surface area contributed by atoms with Crippen LogP contribution in [-0.4, -0.2) is 37.9 Å². The zero-order valence-electron chi connectivity index (χ0n) is 16.9. The highest BCUT2D eigenvalue weighted by Crippen LogP contribution is 2.26. The summed E-state index contributed by atoms with van der Waals surface area (Å²) in [6.45, 7) is 0. The third-order valence-corrected chi connectivity index (χ3v) is 5.64. The van der Waals surface area contributed by atoms with Crippen molar-refractivity contribution in [3.05, 3.63) is 77.4 Å². The molecule has 6 nitrogen and oxygen atoms in total. The van der Waals surface area contributed by atoms with E-state index >= 15 is 0 Å². The number of carbonyl (C=O) groups is 1. The molecule has 162 valence electrons. The lowest BCUT2D eigenvalue weighted by atomic mass is 9.92. The van der Waals surface area contributed by atoms with E-state index < -0.39 is 18.4 Å². The van der Waals surface area contributed by atoms with E-state index in [0.717, 1.165) is 30.3 Å². The molecule has 2 aromatic heterocycles. The van der Waals surface area contributed by atoms with Gasteiger partial charge in [-0.25, -0.2) is 13.5 Å². The van der Waals surface area contributed by atoms with E-state index in [4.69, 9.17) is 0 Å². The Morgan fingerprint density at radius 3 is 2.68 bits per heavy atom. The average molecular weight is 426 g/mol. The quantitative estimate of drug-likeness (QED) is 0.628. The first kappa shape index (κ1) is 21.1. The lowest BCUT2D eigenvalue weighted by Gasteiger charge is -2.28. The van der Waals surface area contributed by atoms with Crippen molar-refractivity contribution in [1.82, 2.24) is 20.1 Å². The topological polar surface area (TPSA) is 80.0 Å². The lowest BCUT2D eigenvalue weighted by Crippen LogP contribution is -2.45. The molecule has 1 saturated carbocycles. The number of nitrogens with zero attached hydrogens (tertiary/aromatic N) is 3. The van der Waals surface area contributed by atoms with Gasteiger partial charge in [0, 0.05) is 24.2 Å². The largest absolute Gasteiger partial charge is 0.391 e. The SMILES string of the molecule is O=C(N[C@H]1CCCC[C@@H]1O)c1cc(Cc2ccc(-n3cccn3)cc2)c(C(F)F)cn1. The number of rotatable bonds is 6. The molecule has 0 bridgehead atoms. The monoisotopic (exact) mass is 426 g/mol. The van der Waals surface area contributed by atoms with Crippen molar-refractivity contribution in [2.24, 2.45) is 0 Å². The number of amides is 1. The number of carbonyl (C=O) groups excluding carboxylic acids is 1. The van der Waals surface area contributed by atoms with Gasteiger partial charge in [-0.1, -0.05) is 25.0 Å². The van der Waals surface area contributed by atoms with Crippen LogP contribution in [0.1, 0.15) is 59.3 Å². The Morgan fingerprint density at radius 1 is 1.23 bits per heavy atom. The summed E-state index contributed by atoms with van der Waals surface area (Å²) in [5.74, 6) is -0.456. The highest BCUT2D eigenvalue weighted by atomic mass is 19.3. The standard InChI is InChI=1S/C23H24F2N4O2/c24-22(25)18-14-26-20(23(31)28-19-4-1-2-5-21(19)30)13-16(18)12-15-6-8-17(9-7-15)29-11-3-10-27-29/h3,6-11,13-14,19,21-22,30H,1-2,4-5,12H2,(H,28,31)/t19-,21-/m0/s1.